The number of amides is 2. The Labute approximate surface area is 220 Å². The number of aromatic nitrogens is 3. The van der Waals surface area contributed by atoms with Crippen LogP contribution >= 0.6 is 58.2 Å². The summed E-state index contributed by atoms with van der Waals surface area (Å²) in [5.74, 6) is -0.0729. The van der Waals surface area contributed by atoms with Crippen LogP contribution < -0.4 is 10.6 Å². The molecule has 1 aromatic heterocycles. The van der Waals surface area contributed by atoms with Crippen molar-refractivity contribution in [3.8, 4) is 0 Å². The maximum atomic E-state index is 12.7. The summed E-state index contributed by atoms with van der Waals surface area (Å²) in [6.07, 6.45) is 1.68. The molecule has 3 aromatic rings. The van der Waals surface area contributed by atoms with Gasteiger partial charge in [-0.05, 0) is 43.3 Å². The van der Waals surface area contributed by atoms with Crippen LogP contribution in [0.15, 0.2) is 54.2 Å². The van der Waals surface area contributed by atoms with E-state index in [1.54, 1.807) is 47.9 Å². The minimum absolute atomic E-state index is 0.0700. The molecule has 0 saturated carbocycles. The summed E-state index contributed by atoms with van der Waals surface area (Å²) in [5.41, 5.74) is 0.786. The average Bonchev–Trinajstić information content (AvgIpc) is 3.14. The molecule has 0 saturated heterocycles. The zero-order chi connectivity index (χ0) is 24.8. The highest BCUT2D eigenvalue weighted by molar-refractivity contribution is 7.99. The van der Waals surface area contributed by atoms with Gasteiger partial charge in [0.05, 0.1) is 22.4 Å². The van der Waals surface area contributed by atoms with Crippen molar-refractivity contribution in [1.82, 2.24) is 20.1 Å². The fourth-order valence-corrected chi connectivity index (χ4v) is 4.77. The predicted molar refractivity (Wildman–Crippen MR) is 138 cm³/mol. The van der Waals surface area contributed by atoms with E-state index in [4.69, 9.17) is 46.4 Å². The first-order valence-electron chi connectivity index (χ1n) is 9.86. The first-order chi connectivity index (χ1) is 16.2. The van der Waals surface area contributed by atoms with Gasteiger partial charge in [0, 0.05) is 27.3 Å². The van der Waals surface area contributed by atoms with Gasteiger partial charge in [0.1, 0.15) is 0 Å². The Kier molecular flexibility index (Phi) is 9.27. The van der Waals surface area contributed by atoms with Gasteiger partial charge in [0.15, 0.2) is 11.0 Å². The number of rotatable bonds is 9. The molecule has 34 heavy (non-hydrogen) atoms. The van der Waals surface area contributed by atoms with E-state index in [9.17, 15) is 9.59 Å². The van der Waals surface area contributed by atoms with Gasteiger partial charge in [0.2, 0.25) is 5.91 Å². The summed E-state index contributed by atoms with van der Waals surface area (Å²) < 4.78 is 1.77. The summed E-state index contributed by atoms with van der Waals surface area (Å²) in [6.45, 7) is 5.93. The molecule has 0 fully saturated rings. The molecule has 0 aliphatic carbocycles. The van der Waals surface area contributed by atoms with E-state index in [1.165, 1.54) is 17.8 Å². The predicted octanol–water partition coefficient (Wildman–Crippen LogP) is 6.30. The minimum Gasteiger partial charge on any atom is -0.342 e. The van der Waals surface area contributed by atoms with Crippen molar-refractivity contribution in [1.29, 1.82) is 0 Å². The van der Waals surface area contributed by atoms with Gasteiger partial charge in [-0.3, -0.25) is 9.59 Å². The summed E-state index contributed by atoms with van der Waals surface area (Å²) in [5, 5.41) is 16.0. The van der Waals surface area contributed by atoms with Crippen LogP contribution in [0.2, 0.25) is 20.1 Å². The van der Waals surface area contributed by atoms with Crippen molar-refractivity contribution in [2.24, 2.45) is 0 Å². The van der Waals surface area contributed by atoms with Gasteiger partial charge >= 0.3 is 0 Å². The third-order valence-electron chi connectivity index (χ3n) is 4.45. The molecular weight excluding hydrogens is 540 g/mol. The van der Waals surface area contributed by atoms with E-state index >= 15 is 0 Å². The van der Waals surface area contributed by atoms with Crippen LogP contribution in [0.3, 0.4) is 0 Å². The Morgan fingerprint density at radius 3 is 2.44 bits per heavy atom. The second kappa shape index (κ2) is 12.0. The van der Waals surface area contributed by atoms with Crippen LogP contribution in [-0.2, 0) is 11.3 Å². The van der Waals surface area contributed by atoms with E-state index < -0.39 is 6.04 Å². The average molecular weight is 559 g/mol. The van der Waals surface area contributed by atoms with Crippen LogP contribution in [0.1, 0.15) is 29.1 Å². The standard InChI is InChI=1S/C22H19Cl4N5O2S/c1-3-6-31-20(12(2)27-21(33)17-5-4-13(23)10-18(17)26)29-30-22(31)34-11-19(32)28-16-8-14(24)7-15(25)9-16/h3-5,7-10,12H,1,6,11H2,2H3,(H,27,33)(H,28,32). The number of thioether (sulfide) groups is 1. The quantitative estimate of drug-likeness (QED) is 0.237. The molecule has 2 amide bonds. The first-order valence-corrected chi connectivity index (χ1v) is 12.4. The van der Waals surface area contributed by atoms with Crippen molar-refractivity contribution in [3.05, 3.63) is 80.5 Å². The number of halogens is 4. The molecular formula is C22H19Cl4N5O2S. The molecule has 0 aliphatic rings. The molecule has 2 aromatic carbocycles. The molecule has 0 radical (unpaired) electrons. The number of hydrogen-bond donors (Lipinski definition) is 2. The van der Waals surface area contributed by atoms with Crippen molar-refractivity contribution in [2.45, 2.75) is 24.7 Å². The fourth-order valence-electron chi connectivity index (χ4n) is 2.99. The van der Waals surface area contributed by atoms with Crippen LogP contribution in [0.5, 0.6) is 0 Å². The third kappa shape index (κ3) is 6.90. The van der Waals surface area contributed by atoms with Crippen molar-refractivity contribution in [2.75, 3.05) is 11.1 Å². The molecule has 1 atom stereocenters. The highest BCUT2D eigenvalue weighted by atomic mass is 35.5. The number of nitrogens with one attached hydrogen (secondary N) is 2. The Morgan fingerprint density at radius 1 is 1.09 bits per heavy atom. The largest absolute Gasteiger partial charge is 0.342 e. The van der Waals surface area contributed by atoms with Gasteiger partial charge in [-0.15, -0.1) is 16.8 Å². The van der Waals surface area contributed by atoms with Gasteiger partial charge < -0.3 is 15.2 Å². The number of allylic oxidation sites excluding steroid dienone is 1. The number of benzene rings is 2. The second-order valence-corrected chi connectivity index (χ2v) is 9.71. The minimum atomic E-state index is -0.497. The molecule has 1 unspecified atom stereocenters. The number of anilines is 1. The van der Waals surface area contributed by atoms with E-state index in [0.29, 0.717) is 43.8 Å². The van der Waals surface area contributed by atoms with E-state index in [-0.39, 0.29) is 22.6 Å². The van der Waals surface area contributed by atoms with Crippen LogP contribution in [0.25, 0.3) is 0 Å². The smallest absolute Gasteiger partial charge is 0.253 e. The topological polar surface area (TPSA) is 88.9 Å². The lowest BCUT2D eigenvalue weighted by Crippen LogP contribution is -2.29. The normalized spacial score (nSPS) is 11.7. The first kappa shape index (κ1) is 26.4. The van der Waals surface area contributed by atoms with Gasteiger partial charge in [-0.2, -0.15) is 0 Å². The van der Waals surface area contributed by atoms with Gasteiger partial charge in [0.25, 0.3) is 5.91 Å². The molecule has 178 valence electrons. The summed E-state index contributed by atoms with van der Waals surface area (Å²) in [4.78, 5) is 25.1. The van der Waals surface area contributed by atoms with Crippen LogP contribution in [0.4, 0.5) is 5.69 Å². The number of carbonyl (C=O) groups excluding carboxylic acids is 2. The SMILES string of the molecule is C=CCn1c(SCC(=O)Nc2cc(Cl)cc(Cl)c2)nnc1C(C)NC(=O)c1ccc(Cl)cc1Cl. The molecule has 0 bridgehead atoms. The lowest BCUT2D eigenvalue weighted by Gasteiger charge is -2.16. The fraction of sp³-hybridized carbons (Fsp3) is 0.182. The number of carbonyl (C=O) groups is 2. The molecule has 2 N–H and O–H groups in total. The Morgan fingerprint density at radius 2 is 1.79 bits per heavy atom. The Balaban J connectivity index is 1.68. The van der Waals surface area contributed by atoms with E-state index in [2.05, 4.69) is 27.4 Å². The molecule has 1 heterocycles. The van der Waals surface area contributed by atoms with Crippen molar-refractivity contribution >= 4 is 75.7 Å². The maximum Gasteiger partial charge on any atom is 0.253 e. The second-order valence-electron chi connectivity index (χ2n) is 7.05. The molecule has 7 nitrogen and oxygen atoms in total. The number of hydrogen-bond acceptors (Lipinski definition) is 5. The van der Waals surface area contributed by atoms with Crippen LogP contribution in [-0.4, -0.2) is 32.3 Å². The highest BCUT2D eigenvalue weighted by Crippen LogP contribution is 2.25. The Bertz CT molecular complexity index is 1210. The van der Waals surface area contributed by atoms with Crippen LogP contribution in [0, 0.1) is 0 Å². The van der Waals surface area contributed by atoms with Gasteiger partial charge in [-0.1, -0.05) is 64.2 Å². The number of nitrogens with zero attached hydrogens (tertiary/aromatic N) is 3. The monoisotopic (exact) mass is 557 g/mol. The summed E-state index contributed by atoms with van der Waals surface area (Å²) >= 11 is 25.2. The molecule has 0 aliphatic heterocycles. The lowest BCUT2D eigenvalue weighted by atomic mass is 10.2. The van der Waals surface area contributed by atoms with Crippen molar-refractivity contribution < 1.29 is 9.59 Å². The summed E-state index contributed by atoms with van der Waals surface area (Å²) in [6, 6.07) is 8.92. The van der Waals surface area contributed by atoms with E-state index in [1.807, 2.05) is 0 Å². The lowest BCUT2D eigenvalue weighted by molar-refractivity contribution is -0.113. The molecule has 12 heteroatoms. The molecule has 3 rings (SSSR count). The van der Waals surface area contributed by atoms with E-state index in [0.717, 1.165) is 0 Å². The third-order valence-corrected chi connectivity index (χ3v) is 6.40. The maximum absolute atomic E-state index is 12.7. The summed E-state index contributed by atoms with van der Waals surface area (Å²) in [7, 11) is 0. The zero-order valence-corrected chi connectivity index (χ0v) is 21.7. The zero-order valence-electron chi connectivity index (χ0n) is 17.8. The van der Waals surface area contributed by atoms with Gasteiger partial charge in [-0.25, -0.2) is 0 Å². The molecule has 0 spiro atoms. The van der Waals surface area contributed by atoms with Crippen molar-refractivity contribution in [3.63, 3.8) is 0 Å². The highest BCUT2D eigenvalue weighted by Gasteiger charge is 2.21. The Hall–Kier alpha value is -2.23.